The number of hydrogen-bond acceptors (Lipinski definition) is 6. The highest BCUT2D eigenvalue weighted by Gasteiger charge is 2.34. The highest BCUT2D eigenvalue weighted by molar-refractivity contribution is 7.88. The number of nitrogens with zero attached hydrogens (tertiary/aromatic N) is 4. The molecule has 1 fully saturated rings. The Balaban J connectivity index is 1.40. The molecule has 1 aromatic heterocycles. The Bertz CT molecular complexity index is 938. The molecular formula is C19H27N5O4S. The van der Waals surface area contributed by atoms with Gasteiger partial charge in [-0.15, -0.1) is 0 Å². The van der Waals surface area contributed by atoms with E-state index in [0.717, 1.165) is 54.9 Å². The van der Waals surface area contributed by atoms with Crippen molar-refractivity contribution in [2.24, 2.45) is 16.8 Å². The van der Waals surface area contributed by atoms with Crippen LogP contribution in [0.3, 0.4) is 0 Å². The lowest BCUT2D eigenvalue weighted by molar-refractivity contribution is 0.111. The average Bonchev–Trinajstić information content (AvgIpc) is 3.16. The highest BCUT2D eigenvalue weighted by Crippen LogP contribution is 2.36. The average molecular weight is 422 g/mol. The zero-order valence-electron chi connectivity index (χ0n) is 16.5. The number of piperidine rings is 1. The van der Waals surface area contributed by atoms with Crippen molar-refractivity contribution in [1.82, 2.24) is 14.2 Å². The Kier molecular flexibility index (Phi) is 5.39. The first-order valence-corrected chi connectivity index (χ1v) is 11.7. The largest absolute Gasteiger partial charge is 0.488 e. The number of rotatable bonds is 3. The summed E-state index contributed by atoms with van der Waals surface area (Å²) in [7, 11) is -3.16. The second-order valence-corrected chi connectivity index (χ2v) is 9.90. The summed E-state index contributed by atoms with van der Waals surface area (Å²) in [6, 6.07) is 2.09. The second kappa shape index (κ2) is 7.83. The SMILES string of the molecule is CS(=O)(=O)N1CC=C(c2cc3c(cn2)O[C@H](C2CCN(C(N)=NO)CC2)C3)CC1. The van der Waals surface area contributed by atoms with E-state index in [1.165, 1.54) is 10.6 Å². The Morgan fingerprint density at radius 1 is 1.34 bits per heavy atom. The molecule has 4 rings (SSSR count). The van der Waals surface area contributed by atoms with Crippen LogP contribution in [-0.2, 0) is 16.4 Å². The van der Waals surface area contributed by atoms with E-state index < -0.39 is 10.0 Å². The normalized spacial score (nSPS) is 24.2. The molecule has 0 radical (unpaired) electrons. The van der Waals surface area contributed by atoms with E-state index in [9.17, 15) is 8.42 Å². The zero-order chi connectivity index (χ0) is 20.6. The highest BCUT2D eigenvalue weighted by atomic mass is 32.2. The van der Waals surface area contributed by atoms with Gasteiger partial charge in [0, 0.05) is 38.2 Å². The number of oxime groups is 1. The minimum atomic E-state index is -3.16. The maximum Gasteiger partial charge on any atom is 0.233 e. The first-order valence-electron chi connectivity index (χ1n) is 9.87. The summed E-state index contributed by atoms with van der Waals surface area (Å²) in [4.78, 5) is 6.44. The van der Waals surface area contributed by atoms with Gasteiger partial charge < -0.3 is 20.6 Å². The van der Waals surface area contributed by atoms with Crippen LogP contribution in [0.5, 0.6) is 5.75 Å². The number of likely N-dealkylation sites (tertiary alicyclic amines) is 1. The number of hydrogen-bond donors (Lipinski definition) is 2. The number of sulfonamides is 1. The van der Waals surface area contributed by atoms with E-state index in [2.05, 4.69) is 16.2 Å². The van der Waals surface area contributed by atoms with E-state index >= 15 is 0 Å². The minimum absolute atomic E-state index is 0.123. The molecule has 29 heavy (non-hydrogen) atoms. The summed E-state index contributed by atoms with van der Waals surface area (Å²) >= 11 is 0. The predicted molar refractivity (Wildman–Crippen MR) is 109 cm³/mol. The van der Waals surface area contributed by atoms with Gasteiger partial charge in [-0.25, -0.2) is 8.42 Å². The maximum atomic E-state index is 11.7. The molecule has 4 heterocycles. The fourth-order valence-electron chi connectivity index (χ4n) is 4.36. The van der Waals surface area contributed by atoms with Gasteiger partial charge in [-0.2, -0.15) is 4.31 Å². The molecule has 10 heteroatoms. The van der Waals surface area contributed by atoms with Gasteiger partial charge in [0.15, 0.2) is 0 Å². The van der Waals surface area contributed by atoms with E-state index in [1.807, 2.05) is 11.0 Å². The molecule has 0 aliphatic carbocycles. The van der Waals surface area contributed by atoms with Gasteiger partial charge in [0.1, 0.15) is 11.9 Å². The van der Waals surface area contributed by atoms with Crippen LogP contribution in [0.25, 0.3) is 5.57 Å². The molecule has 0 unspecified atom stereocenters. The van der Waals surface area contributed by atoms with Crippen LogP contribution in [0, 0.1) is 5.92 Å². The van der Waals surface area contributed by atoms with Crippen molar-refractivity contribution in [3.8, 4) is 5.75 Å². The molecule has 0 saturated carbocycles. The standard InChI is InChI=1S/C19H27N5O4S/c1-29(26,27)24-8-4-13(5-9-24)16-10-15-11-17(28-18(15)12-21-16)14-2-6-23(7-3-14)19(20)22-25/h4,10,12,14,17,25H,2-3,5-9,11H2,1H3,(H2,20,22)/t17-/m0/s1. The lowest BCUT2D eigenvalue weighted by Crippen LogP contribution is -2.45. The zero-order valence-corrected chi connectivity index (χ0v) is 17.3. The molecule has 0 spiro atoms. The summed E-state index contributed by atoms with van der Waals surface area (Å²) in [6.07, 6.45) is 8.49. The van der Waals surface area contributed by atoms with E-state index in [1.54, 1.807) is 6.20 Å². The molecule has 0 amide bonds. The van der Waals surface area contributed by atoms with Crippen molar-refractivity contribution in [3.05, 3.63) is 29.6 Å². The van der Waals surface area contributed by atoms with Crippen LogP contribution in [0.4, 0.5) is 0 Å². The Morgan fingerprint density at radius 2 is 2.10 bits per heavy atom. The minimum Gasteiger partial charge on any atom is -0.488 e. The van der Waals surface area contributed by atoms with Crippen molar-refractivity contribution in [2.75, 3.05) is 32.4 Å². The molecule has 3 N–H and O–H groups in total. The smallest absolute Gasteiger partial charge is 0.233 e. The third-order valence-corrected chi connectivity index (χ3v) is 7.38. The van der Waals surface area contributed by atoms with Crippen molar-refractivity contribution in [1.29, 1.82) is 0 Å². The fraction of sp³-hybridized carbons (Fsp3) is 0.579. The van der Waals surface area contributed by atoms with E-state index in [4.69, 9.17) is 15.7 Å². The summed E-state index contributed by atoms with van der Waals surface area (Å²) < 4.78 is 31.0. The van der Waals surface area contributed by atoms with Gasteiger partial charge in [-0.05, 0) is 36.8 Å². The molecule has 9 nitrogen and oxygen atoms in total. The lowest BCUT2D eigenvalue weighted by Gasteiger charge is -2.34. The van der Waals surface area contributed by atoms with Crippen molar-refractivity contribution < 1.29 is 18.4 Å². The Hall–Kier alpha value is -2.33. The van der Waals surface area contributed by atoms with Crippen molar-refractivity contribution in [2.45, 2.75) is 31.8 Å². The second-order valence-electron chi connectivity index (χ2n) is 7.92. The van der Waals surface area contributed by atoms with Gasteiger partial charge in [0.05, 0.1) is 18.1 Å². The molecular weight excluding hydrogens is 394 g/mol. The number of ether oxygens (including phenoxy) is 1. The molecule has 3 aliphatic heterocycles. The van der Waals surface area contributed by atoms with Crippen LogP contribution in [0.2, 0.25) is 0 Å². The number of aromatic nitrogens is 1. The van der Waals surface area contributed by atoms with Crippen LogP contribution in [0.15, 0.2) is 23.5 Å². The third-order valence-electron chi connectivity index (χ3n) is 6.11. The number of guanidine groups is 1. The van der Waals surface area contributed by atoms with Gasteiger partial charge in [0.25, 0.3) is 0 Å². The van der Waals surface area contributed by atoms with Crippen LogP contribution < -0.4 is 10.5 Å². The summed E-state index contributed by atoms with van der Waals surface area (Å²) in [5.74, 6) is 1.43. The monoisotopic (exact) mass is 421 g/mol. The quantitative estimate of drug-likeness (QED) is 0.321. The van der Waals surface area contributed by atoms with Crippen LogP contribution >= 0.6 is 0 Å². The van der Waals surface area contributed by atoms with Gasteiger partial charge in [0.2, 0.25) is 16.0 Å². The number of fused-ring (bicyclic) bond motifs is 1. The molecule has 0 bridgehead atoms. The Labute approximate surface area is 170 Å². The predicted octanol–water partition coefficient (Wildman–Crippen LogP) is 0.850. The van der Waals surface area contributed by atoms with Crippen LogP contribution in [0.1, 0.15) is 30.5 Å². The van der Waals surface area contributed by atoms with Gasteiger partial charge in [-0.1, -0.05) is 11.2 Å². The van der Waals surface area contributed by atoms with E-state index in [-0.39, 0.29) is 12.1 Å². The van der Waals surface area contributed by atoms with E-state index in [0.29, 0.717) is 25.4 Å². The molecule has 1 atom stereocenters. The Morgan fingerprint density at radius 3 is 2.72 bits per heavy atom. The maximum absolute atomic E-state index is 11.7. The third kappa shape index (κ3) is 4.18. The summed E-state index contributed by atoms with van der Waals surface area (Å²) in [6.45, 7) is 2.39. The summed E-state index contributed by atoms with van der Waals surface area (Å²) in [5.41, 5.74) is 8.83. The van der Waals surface area contributed by atoms with Gasteiger partial charge >= 0.3 is 0 Å². The van der Waals surface area contributed by atoms with Crippen LogP contribution in [-0.4, -0.2) is 72.3 Å². The molecule has 3 aliphatic rings. The van der Waals surface area contributed by atoms with Crippen molar-refractivity contribution in [3.63, 3.8) is 0 Å². The number of pyridine rings is 1. The molecule has 158 valence electrons. The first-order chi connectivity index (χ1) is 13.8. The number of nitrogens with two attached hydrogens (primary N) is 1. The molecule has 0 aromatic carbocycles. The lowest BCUT2D eigenvalue weighted by atomic mass is 9.89. The van der Waals surface area contributed by atoms with Gasteiger partial charge in [-0.3, -0.25) is 4.98 Å². The summed E-state index contributed by atoms with van der Waals surface area (Å²) in [5, 5.41) is 11.9. The molecule has 1 saturated heterocycles. The molecule has 1 aromatic rings. The fourth-order valence-corrected chi connectivity index (χ4v) is 5.13. The topological polar surface area (TPSA) is 121 Å². The first kappa shape index (κ1) is 20.0. The van der Waals surface area contributed by atoms with Crippen molar-refractivity contribution >= 4 is 21.6 Å².